The van der Waals surface area contributed by atoms with Gasteiger partial charge < -0.3 is 5.32 Å². The lowest BCUT2D eigenvalue weighted by atomic mass is 10.1. The Morgan fingerprint density at radius 2 is 2.16 bits per heavy atom. The number of aryl methyl sites for hydroxylation is 1. The summed E-state index contributed by atoms with van der Waals surface area (Å²) >= 11 is 9.62. The van der Waals surface area contributed by atoms with Gasteiger partial charge in [-0.1, -0.05) is 41.4 Å². The third kappa shape index (κ3) is 3.51. The molecule has 0 saturated heterocycles. The zero-order valence-corrected chi connectivity index (χ0v) is 13.6. The number of aromatic nitrogens is 2. The number of nitrogens with one attached hydrogen (secondary N) is 1. The Morgan fingerprint density at radius 3 is 2.84 bits per heavy atom. The summed E-state index contributed by atoms with van der Waals surface area (Å²) in [5, 5.41) is 8.58. The number of hydrogen-bond acceptors (Lipinski definition) is 2. The molecular weight excluding hydrogens is 326 g/mol. The van der Waals surface area contributed by atoms with Crippen LogP contribution in [0.15, 0.2) is 28.9 Å². The van der Waals surface area contributed by atoms with E-state index in [0.29, 0.717) is 5.92 Å². The monoisotopic (exact) mass is 341 g/mol. The van der Waals surface area contributed by atoms with Crippen molar-refractivity contribution in [3.8, 4) is 0 Å². The zero-order chi connectivity index (χ0) is 14.0. The maximum Gasteiger partial charge on any atom is 0.0699 e. The van der Waals surface area contributed by atoms with Crippen LogP contribution in [-0.2, 0) is 13.6 Å². The highest BCUT2D eigenvalue weighted by atomic mass is 79.9. The molecule has 3 nitrogen and oxygen atoms in total. The summed E-state index contributed by atoms with van der Waals surface area (Å²) in [5.41, 5.74) is 3.25. The first kappa shape index (κ1) is 14.4. The van der Waals surface area contributed by atoms with Crippen LogP contribution in [0.25, 0.3) is 0 Å². The Bertz CT molecular complexity index is 578. The van der Waals surface area contributed by atoms with E-state index < -0.39 is 0 Å². The van der Waals surface area contributed by atoms with E-state index in [-0.39, 0.29) is 0 Å². The molecule has 102 valence electrons. The fourth-order valence-electron chi connectivity index (χ4n) is 2.00. The molecule has 0 amide bonds. The van der Waals surface area contributed by atoms with Gasteiger partial charge >= 0.3 is 0 Å². The molecule has 5 heteroatoms. The van der Waals surface area contributed by atoms with Crippen LogP contribution in [0.4, 0.5) is 5.69 Å². The number of nitrogens with zero attached hydrogens (tertiary/aromatic N) is 2. The van der Waals surface area contributed by atoms with Crippen LogP contribution in [-0.4, -0.2) is 9.78 Å². The van der Waals surface area contributed by atoms with E-state index in [1.54, 1.807) is 0 Å². The van der Waals surface area contributed by atoms with E-state index in [1.807, 2.05) is 36.1 Å². The number of rotatable bonds is 4. The van der Waals surface area contributed by atoms with Crippen LogP contribution in [0.1, 0.15) is 31.0 Å². The Kier molecular flexibility index (Phi) is 4.53. The van der Waals surface area contributed by atoms with E-state index in [2.05, 4.69) is 40.2 Å². The predicted octanol–water partition coefficient (Wildman–Crippen LogP) is 4.57. The molecule has 0 spiro atoms. The van der Waals surface area contributed by atoms with E-state index in [0.717, 1.165) is 27.4 Å². The molecule has 0 radical (unpaired) electrons. The molecule has 1 heterocycles. The first-order valence-corrected chi connectivity index (χ1v) is 7.36. The summed E-state index contributed by atoms with van der Waals surface area (Å²) in [4.78, 5) is 0. The number of anilines is 1. The van der Waals surface area contributed by atoms with Crippen molar-refractivity contribution in [3.05, 3.63) is 45.1 Å². The molecule has 0 fully saturated rings. The van der Waals surface area contributed by atoms with Gasteiger partial charge in [0.25, 0.3) is 0 Å². The third-order valence-electron chi connectivity index (χ3n) is 2.88. The molecule has 0 atom stereocenters. The van der Waals surface area contributed by atoms with Crippen molar-refractivity contribution in [2.24, 2.45) is 7.05 Å². The van der Waals surface area contributed by atoms with Crippen molar-refractivity contribution in [2.45, 2.75) is 26.3 Å². The summed E-state index contributed by atoms with van der Waals surface area (Å²) in [7, 11) is 1.95. The minimum Gasteiger partial charge on any atom is -0.380 e. The van der Waals surface area contributed by atoms with Crippen molar-refractivity contribution in [3.63, 3.8) is 0 Å². The molecule has 0 bridgehead atoms. The first-order chi connectivity index (χ1) is 8.97. The van der Waals surface area contributed by atoms with Gasteiger partial charge in [-0.25, -0.2) is 0 Å². The largest absolute Gasteiger partial charge is 0.380 e. The van der Waals surface area contributed by atoms with Crippen molar-refractivity contribution in [2.75, 3.05) is 5.32 Å². The van der Waals surface area contributed by atoms with Crippen molar-refractivity contribution < 1.29 is 0 Å². The molecule has 1 aromatic carbocycles. The maximum absolute atomic E-state index is 6.17. The second-order valence-electron chi connectivity index (χ2n) is 4.85. The fourth-order valence-corrected chi connectivity index (χ4v) is 2.55. The number of benzene rings is 1. The Morgan fingerprint density at radius 1 is 1.42 bits per heavy atom. The van der Waals surface area contributed by atoms with Gasteiger partial charge in [-0.3, -0.25) is 4.68 Å². The second-order valence-corrected chi connectivity index (χ2v) is 6.17. The minimum atomic E-state index is 0.413. The molecule has 0 aliphatic rings. The van der Waals surface area contributed by atoms with E-state index >= 15 is 0 Å². The van der Waals surface area contributed by atoms with E-state index in [9.17, 15) is 0 Å². The Balaban J connectivity index is 2.16. The van der Waals surface area contributed by atoms with Crippen LogP contribution in [0.2, 0.25) is 5.02 Å². The average molecular weight is 343 g/mol. The van der Waals surface area contributed by atoms with Crippen LogP contribution < -0.4 is 5.32 Å². The lowest BCUT2D eigenvalue weighted by Crippen LogP contribution is -2.03. The third-order valence-corrected chi connectivity index (χ3v) is 3.70. The number of hydrogen-bond donors (Lipinski definition) is 1. The Labute approximate surface area is 127 Å². The van der Waals surface area contributed by atoms with Crippen molar-refractivity contribution in [1.82, 2.24) is 9.78 Å². The number of halogens is 2. The molecule has 0 unspecified atom stereocenters. The summed E-state index contributed by atoms with van der Waals surface area (Å²) in [5.74, 6) is 0.413. The highest BCUT2D eigenvalue weighted by molar-refractivity contribution is 9.10. The molecular formula is C14H17BrClN3. The highest BCUT2D eigenvalue weighted by Gasteiger charge is 2.11. The van der Waals surface area contributed by atoms with Crippen LogP contribution in [0.5, 0.6) is 0 Å². The van der Waals surface area contributed by atoms with Gasteiger partial charge in [-0.2, -0.15) is 5.10 Å². The molecule has 0 aliphatic carbocycles. The second kappa shape index (κ2) is 5.97. The topological polar surface area (TPSA) is 29.9 Å². The fraction of sp³-hybridized carbons (Fsp3) is 0.357. The summed E-state index contributed by atoms with van der Waals surface area (Å²) < 4.78 is 2.86. The van der Waals surface area contributed by atoms with Gasteiger partial charge in [0, 0.05) is 29.8 Å². The van der Waals surface area contributed by atoms with Crippen molar-refractivity contribution >= 4 is 33.2 Å². The Hall–Kier alpha value is -1.000. The quantitative estimate of drug-likeness (QED) is 0.882. The average Bonchev–Trinajstić information content (AvgIpc) is 2.72. The van der Waals surface area contributed by atoms with Gasteiger partial charge in [0.05, 0.1) is 16.4 Å². The maximum atomic E-state index is 6.17. The summed E-state index contributed by atoms with van der Waals surface area (Å²) in [6, 6.07) is 5.78. The lowest BCUT2D eigenvalue weighted by molar-refractivity contribution is 0.712. The molecule has 2 rings (SSSR count). The van der Waals surface area contributed by atoms with Crippen LogP contribution >= 0.6 is 27.5 Å². The molecule has 1 aromatic heterocycles. The van der Waals surface area contributed by atoms with E-state index in [1.165, 1.54) is 5.56 Å². The molecule has 19 heavy (non-hydrogen) atoms. The van der Waals surface area contributed by atoms with Gasteiger partial charge in [0.15, 0.2) is 0 Å². The summed E-state index contributed by atoms with van der Waals surface area (Å²) in [6.07, 6.45) is 2.05. The first-order valence-electron chi connectivity index (χ1n) is 6.18. The van der Waals surface area contributed by atoms with Gasteiger partial charge in [0.2, 0.25) is 0 Å². The predicted molar refractivity (Wildman–Crippen MR) is 83.8 cm³/mol. The van der Waals surface area contributed by atoms with Crippen LogP contribution in [0.3, 0.4) is 0 Å². The molecule has 0 aliphatic heterocycles. The SMILES string of the molecule is CC(C)c1nn(C)cc1CNc1cc(Br)ccc1Cl. The van der Waals surface area contributed by atoms with Gasteiger partial charge in [-0.05, 0) is 24.1 Å². The highest BCUT2D eigenvalue weighted by Crippen LogP contribution is 2.27. The van der Waals surface area contributed by atoms with E-state index in [4.69, 9.17) is 11.6 Å². The summed E-state index contributed by atoms with van der Waals surface area (Å²) in [6.45, 7) is 5.02. The normalized spacial score (nSPS) is 11.1. The zero-order valence-electron chi connectivity index (χ0n) is 11.2. The molecule has 1 N–H and O–H groups in total. The molecule has 0 saturated carbocycles. The van der Waals surface area contributed by atoms with Crippen molar-refractivity contribution in [1.29, 1.82) is 0 Å². The standard InChI is InChI=1S/C14H17BrClN3/c1-9(2)14-10(8-19(3)18-14)7-17-13-6-11(15)4-5-12(13)16/h4-6,8-9,17H,7H2,1-3H3. The van der Waals surface area contributed by atoms with Gasteiger partial charge in [-0.15, -0.1) is 0 Å². The smallest absolute Gasteiger partial charge is 0.0699 e. The van der Waals surface area contributed by atoms with Gasteiger partial charge in [0.1, 0.15) is 0 Å². The van der Waals surface area contributed by atoms with Crippen LogP contribution in [0, 0.1) is 0 Å². The minimum absolute atomic E-state index is 0.413. The molecule has 2 aromatic rings. The lowest BCUT2D eigenvalue weighted by Gasteiger charge is -2.10.